The summed E-state index contributed by atoms with van der Waals surface area (Å²) in [6.07, 6.45) is 0. The van der Waals surface area contributed by atoms with Crippen molar-refractivity contribution < 1.29 is 9.90 Å². The summed E-state index contributed by atoms with van der Waals surface area (Å²) in [5, 5.41) is 20.9. The zero-order valence-corrected chi connectivity index (χ0v) is 10.3. The number of nitriles is 1. The number of carboxylic acid groups (broad SMARTS) is 1. The van der Waals surface area contributed by atoms with Crippen molar-refractivity contribution in [2.45, 2.75) is 6.92 Å². The van der Waals surface area contributed by atoms with Crippen molar-refractivity contribution >= 4 is 17.3 Å². The molecule has 2 N–H and O–H groups in total. The highest BCUT2D eigenvalue weighted by molar-refractivity contribution is 5.89. The Labute approximate surface area is 110 Å². The predicted octanol–water partition coefficient (Wildman–Crippen LogP) is 3.31. The van der Waals surface area contributed by atoms with E-state index in [0.29, 0.717) is 11.3 Å². The molecule has 0 fully saturated rings. The van der Waals surface area contributed by atoms with Crippen LogP contribution in [-0.2, 0) is 0 Å². The number of hydrogen-bond acceptors (Lipinski definition) is 3. The average Bonchev–Trinajstić information content (AvgIpc) is 2.41. The Balaban J connectivity index is 2.29. The first kappa shape index (κ1) is 12.7. The quantitative estimate of drug-likeness (QED) is 0.878. The molecule has 0 atom stereocenters. The highest BCUT2D eigenvalue weighted by atomic mass is 16.4. The third-order valence-electron chi connectivity index (χ3n) is 2.74. The number of hydrogen-bond donors (Lipinski definition) is 2. The van der Waals surface area contributed by atoms with Crippen LogP contribution in [0.1, 0.15) is 21.5 Å². The molecule has 4 heteroatoms. The number of aryl methyl sites for hydroxylation is 1. The summed E-state index contributed by atoms with van der Waals surface area (Å²) in [5.41, 5.74) is 3.31. The Hall–Kier alpha value is -2.80. The molecule has 0 aliphatic rings. The van der Waals surface area contributed by atoms with Crippen LogP contribution in [0.25, 0.3) is 0 Å². The van der Waals surface area contributed by atoms with Gasteiger partial charge in [-0.25, -0.2) is 4.79 Å². The summed E-state index contributed by atoms with van der Waals surface area (Å²) in [6, 6.07) is 14.0. The van der Waals surface area contributed by atoms with Gasteiger partial charge in [0.05, 0.1) is 17.2 Å². The summed E-state index contributed by atoms with van der Waals surface area (Å²) in [5.74, 6) is -0.958. The van der Waals surface area contributed by atoms with Gasteiger partial charge in [0.2, 0.25) is 0 Å². The lowest BCUT2D eigenvalue weighted by atomic mass is 10.1. The molecule has 2 aromatic rings. The standard InChI is InChI=1S/C15H12N2O2/c1-10-7-11(9-16)5-6-14(10)17-13-4-2-3-12(8-13)15(18)19/h2-8,17H,1H3,(H,18,19). The molecule has 0 spiro atoms. The average molecular weight is 252 g/mol. The van der Waals surface area contributed by atoms with E-state index in [0.717, 1.165) is 11.3 Å². The first-order valence-electron chi connectivity index (χ1n) is 5.71. The number of carbonyl (C=O) groups is 1. The molecule has 0 saturated heterocycles. The van der Waals surface area contributed by atoms with E-state index in [1.807, 2.05) is 6.92 Å². The van der Waals surface area contributed by atoms with Gasteiger partial charge < -0.3 is 10.4 Å². The van der Waals surface area contributed by atoms with Crippen molar-refractivity contribution in [3.8, 4) is 6.07 Å². The van der Waals surface area contributed by atoms with Crippen LogP contribution in [0.4, 0.5) is 11.4 Å². The molecular formula is C15H12N2O2. The Kier molecular flexibility index (Phi) is 3.48. The molecule has 0 aromatic heterocycles. The van der Waals surface area contributed by atoms with Crippen LogP contribution in [0.2, 0.25) is 0 Å². The van der Waals surface area contributed by atoms with Crippen LogP contribution >= 0.6 is 0 Å². The van der Waals surface area contributed by atoms with Gasteiger partial charge in [0.15, 0.2) is 0 Å². The van der Waals surface area contributed by atoms with Crippen LogP contribution in [0.15, 0.2) is 42.5 Å². The van der Waals surface area contributed by atoms with Crippen molar-refractivity contribution in [1.29, 1.82) is 5.26 Å². The fourth-order valence-electron chi connectivity index (χ4n) is 1.76. The predicted molar refractivity (Wildman–Crippen MR) is 72.6 cm³/mol. The van der Waals surface area contributed by atoms with Gasteiger partial charge in [0.25, 0.3) is 0 Å². The van der Waals surface area contributed by atoms with E-state index in [4.69, 9.17) is 10.4 Å². The van der Waals surface area contributed by atoms with Gasteiger partial charge in [-0.05, 0) is 48.9 Å². The Morgan fingerprint density at radius 3 is 2.68 bits per heavy atom. The monoisotopic (exact) mass is 252 g/mol. The summed E-state index contributed by atoms with van der Waals surface area (Å²) in [7, 11) is 0. The molecular weight excluding hydrogens is 240 g/mol. The summed E-state index contributed by atoms with van der Waals surface area (Å²) in [6.45, 7) is 1.89. The maximum atomic E-state index is 10.9. The van der Waals surface area contributed by atoms with E-state index in [-0.39, 0.29) is 5.56 Å². The number of benzene rings is 2. The highest BCUT2D eigenvalue weighted by Crippen LogP contribution is 2.22. The largest absolute Gasteiger partial charge is 0.478 e. The summed E-state index contributed by atoms with van der Waals surface area (Å²) >= 11 is 0. The molecule has 0 bridgehead atoms. The Bertz CT molecular complexity index is 672. The summed E-state index contributed by atoms with van der Waals surface area (Å²) in [4.78, 5) is 10.9. The molecule has 0 heterocycles. The molecule has 0 aliphatic carbocycles. The van der Waals surface area contributed by atoms with Crippen molar-refractivity contribution in [2.24, 2.45) is 0 Å². The van der Waals surface area contributed by atoms with Crippen LogP contribution in [-0.4, -0.2) is 11.1 Å². The lowest BCUT2D eigenvalue weighted by Gasteiger charge is -2.10. The Morgan fingerprint density at radius 1 is 1.26 bits per heavy atom. The molecule has 19 heavy (non-hydrogen) atoms. The number of nitrogens with zero attached hydrogens (tertiary/aromatic N) is 1. The maximum absolute atomic E-state index is 10.9. The topological polar surface area (TPSA) is 73.1 Å². The maximum Gasteiger partial charge on any atom is 0.335 e. The number of nitrogens with one attached hydrogen (secondary N) is 1. The fourth-order valence-corrected chi connectivity index (χ4v) is 1.76. The number of rotatable bonds is 3. The first-order valence-corrected chi connectivity index (χ1v) is 5.71. The Morgan fingerprint density at radius 2 is 2.05 bits per heavy atom. The second-order valence-electron chi connectivity index (χ2n) is 4.15. The van der Waals surface area contributed by atoms with Crippen molar-refractivity contribution in [1.82, 2.24) is 0 Å². The minimum atomic E-state index is -0.958. The minimum Gasteiger partial charge on any atom is -0.478 e. The number of aromatic carboxylic acids is 1. The molecule has 0 unspecified atom stereocenters. The molecule has 0 radical (unpaired) electrons. The van der Waals surface area contributed by atoms with E-state index in [1.54, 1.807) is 42.5 Å². The van der Waals surface area contributed by atoms with Gasteiger partial charge in [-0.3, -0.25) is 0 Å². The molecule has 2 aromatic carbocycles. The second kappa shape index (κ2) is 5.23. The normalized spacial score (nSPS) is 9.68. The number of anilines is 2. The van der Waals surface area contributed by atoms with Gasteiger partial charge in [-0.1, -0.05) is 6.07 Å². The van der Waals surface area contributed by atoms with Crippen LogP contribution in [0, 0.1) is 18.3 Å². The van der Waals surface area contributed by atoms with E-state index < -0.39 is 5.97 Å². The lowest BCUT2D eigenvalue weighted by molar-refractivity contribution is 0.0697. The van der Waals surface area contributed by atoms with Crippen LogP contribution in [0.3, 0.4) is 0 Å². The summed E-state index contributed by atoms with van der Waals surface area (Å²) < 4.78 is 0. The zero-order valence-electron chi connectivity index (χ0n) is 10.3. The smallest absolute Gasteiger partial charge is 0.335 e. The van der Waals surface area contributed by atoms with Gasteiger partial charge in [-0.15, -0.1) is 0 Å². The van der Waals surface area contributed by atoms with Crippen LogP contribution < -0.4 is 5.32 Å². The van der Waals surface area contributed by atoms with Gasteiger partial charge in [0, 0.05) is 11.4 Å². The zero-order chi connectivity index (χ0) is 13.8. The molecule has 0 amide bonds. The molecule has 4 nitrogen and oxygen atoms in total. The van der Waals surface area contributed by atoms with Crippen molar-refractivity contribution in [3.63, 3.8) is 0 Å². The van der Waals surface area contributed by atoms with Gasteiger partial charge >= 0.3 is 5.97 Å². The third-order valence-corrected chi connectivity index (χ3v) is 2.74. The van der Waals surface area contributed by atoms with Crippen molar-refractivity contribution in [2.75, 3.05) is 5.32 Å². The first-order chi connectivity index (χ1) is 9.10. The lowest BCUT2D eigenvalue weighted by Crippen LogP contribution is -1.98. The number of carboxylic acids is 1. The van der Waals surface area contributed by atoms with E-state index >= 15 is 0 Å². The fraction of sp³-hybridized carbons (Fsp3) is 0.0667. The van der Waals surface area contributed by atoms with Gasteiger partial charge in [-0.2, -0.15) is 5.26 Å². The molecule has 94 valence electrons. The SMILES string of the molecule is Cc1cc(C#N)ccc1Nc1cccc(C(=O)O)c1. The molecule has 0 saturated carbocycles. The van der Waals surface area contributed by atoms with Crippen LogP contribution in [0.5, 0.6) is 0 Å². The van der Waals surface area contributed by atoms with Gasteiger partial charge in [0.1, 0.15) is 0 Å². The van der Waals surface area contributed by atoms with E-state index in [1.165, 1.54) is 0 Å². The minimum absolute atomic E-state index is 0.233. The molecule has 2 rings (SSSR count). The third kappa shape index (κ3) is 2.90. The molecule has 0 aliphatic heterocycles. The van der Waals surface area contributed by atoms with E-state index in [2.05, 4.69) is 11.4 Å². The second-order valence-corrected chi connectivity index (χ2v) is 4.15. The highest BCUT2D eigenvalue weighted by Gasteiger charge is 2.05. The van der Waals surface area contributed by atoms with Crippen molar-refractivity contribution in [3.05, 3.63) is 59.2 Å². The van der Waals surface area contributed by atoms with E-state index in [9.17, 15) is 4.79 Å².